The zero-order chi connectivity index (χ0) is 6.57. The highest BCUT2D eigenvalue weighted by atomic mass is 35.5. The van der Waals surface area contributed by atoms with Gasteiger partial charge in [0.1, 0.15) is 9.52 Å². The first-order chi connectivity index (χ1) is 3.66. The molecule has 0 fully saturated rings. The van der Waals surface area contributed by atoms with E-state index in [1.807, 2.05) is 0 Å². The van der Waals surface area contributed by atoms with E-state index in [2.05, 4.69) is 6.58 Å². The minimum atomic E-state index is -0.332. The molecule has 0 bridgehead atoms. The van der Waals surface area contributed by atoms with Gasteiger partial charge in [0, 0.05) is 5.88 Å². The Hall–Kier alpha value is 0.827. The predicted octanol–water partition coefficient (Wildman–Crippen LogP) is 2.20. The SMILES string of the molecule is C=C(CCl)[Si]C(Cl)Cl. The Kier molecular flexibility index (Phi) is 5.17. The zero-order valence-electron chi connectivity index (χ0n) is 4.13. The van der Waals surface area contributed by atoms with Crippen molar-refractivity contribution in [2.45, 2.75) is 4.46 Å². The molecule has 0 rings (SSSR count). The topological polar surface area (TPSA) is 0 Å². The molecule has 0 amide bonds. The maximum absolute atomic E-state index is 5.41. The summed E-state index contributed by atoms with van der Waals surface area (Å²) in [5, 5.41) is 0.904. The molecule has 0 aliphatic rings. The van der Waals surface area contributed by atoms with Crippen LogP contribution in [0, 0.1) is 0 Å². The third-order valence-electron chi connectivity index (χ3n) is 0.475. The summed E-state index contributed by atoms with van der Waals surface area (Å²) in [5.74, 6) is 0.453. The minimum Gasteiger partial charge on any atom is -0.122 e. The Balaban J connectivity index is 3.25. The zero-order valence-corrected chi connectivity index (χ0v) is 7.39. The van der Waals surface area contributed by atoms with Crippen LogP contribution in [0.25, 0.3) is 0 Å². The molecule has 0 nitrogen and oxygen atoms in total. The normalized spacial score (nSPS) is 10.0. The number of hydrogen-bond donors (Lipinski definition) is 0. The van der Waals surface area contributed by atoms with Crippen LogP contribution in [0.1, 0.15) is 0 Å². The van der Waals surface area contributed by atoms with Crippen LogP contribution in [0.2, 0.25) is 0 Å². The van der Waals surface area contributed by atoms with E-state index in [-0.39, 0.29) is 4.46 Å². The van der Waals surface area contributed by atoms with Crippen molar-refractivity contribution in [3.63, 3.8) is 0 Å². The summed E-state index contributed by atoms with van der Waals surface area (Å²) in [7, 11) is 0.367. The summed E-state index contributed by atoms with van der Waals surface area (Å²) in [6.45, 7) is 3.62. The molecule has 0 unspecified atom stereocenters. The second-order valence-corrected chi connectivity index (χ2v) is 4.85. The fraction of sp³-hybridized carbons (Fsp3) is 0.500. The molecule has 0 saturated carbocycles. The molecule has 0 aliphatic carbocycles. The molecule has 0 aromatic heterocycles. The van der Waals surface area contributed by atoms with Crippen LogP contribution in [0.15, 0.2) is 11.8 Å². The van der Waals surface area contributed by atoms with Crippen molar-refractivity contribution in [1.29, 1.82) is 0 Å². The monoisotopic (exact) mass is 186 g/mol. The summed E-state index contributed by atoms with van der Waals surface area (Å²) in [6.07, 6.45) is 0. The molecule has 8 heavy (non-hydrogen) atoms. The minimum absolute atomic E-state index is 0.332. The van der Waals surface area contributed by atoms with Crippen molar-refractivity contribution < 1.29 is 0 Å². The molecule has 0 N–H and O–H groups in total. The van der Waals surface area contributed by atoms with Crippen LogP contribution in [-0.4, -0.2) is 19.9 Å². The number of rotatable bonds is 3. The smallest absolute Gasteiger partial charge is 0.119 e. The van der Waals surface area contributed by atoms with Crippen molar-refractivity contribution in [1.82, 2.24) is 0 Å². The van der Waals surface area contributed by atoms with E-state index >= 15 is 0 Å². The summed E-state index contributed by atoms with van der Waals surface area (Å²) in [6, 6.07) is 0. The van der Waals surface area contributed by atoms with Gasteiger partial charge in [0.2, 0.25) is 0 Å². The Morgan fingerprint density at radius 1 is 1.62 bits per heavy atom. The molecule has 0 aromatic carbocycles. The molecule has 46 valence electrons. The van der Waals surface area contributed by atoms with Crippen LogP contribution in [0.3, 0.4) is 0 Å². The van der Waals surface area contributed by atoms with Gasteiger partial charge in [0.25, 0.3) is 0 Å². The first-order valence-electron chi connectivity index (χ1n) is 1.95. The lowest BCUT2D eigenvalue weighted by Crippen LogP contribution is -2.05. The maximum Gasteiger partial charge on any atom is 0.119 e. The van der Waals surface area contributed by atoms with Crippen molar-refractivity contribution in [3.8, 4) is 0 Å². The van der Waals surface area contributed by atoms with Crippen LogP contribution in [0.5, 0.6) is 0 Å². The van der Waals surface area contributed by atoms with E-state index in [9.17, 15) is 0 Å². The second kappa shape index (κ2) is 4.68. The summed E-state index contributed by atoms with van der Waals surface area (Å²) >= 11 is 16.2. The highest BCUT2D eigenvalue weighted by Gasteiger charge is 2.01. The Morgan fingerprint density at radius 3 is 2.25 bits per heavy atom. The number of alkyl halides is 3. The van der Waals surface area contributed by atoms with Crippen LogP contribution >= 0.6 is 34.8 Å². The number of allylic oxidation sites excluding steroid dienone is 1. The third-order valence-corrected chi connectivity index (χ3v) is 2.48. The lowest BCUT2D eigenvalue weighted by atomic mass is 10.7. The van der Waals surface area contributed by atoms with Crippen molar-refractivity contribution in [2.24, 2.45) is 0 Å². The summed E-state index contributed by atoms with van der Waals surface area (Å²) < 4.78 is -0.332. The van der Waals surface area contributed by atoms with Crippen molar-refractivity contribution in [3.05, 3.63) is 11.8 Å². The molecule has 2 radical (unpaired) electrons. The number of hydrogen-bond acceptors (Lipinski definition) is 0. The standard InChI is InChI=1S/C4H5Cl3Si/c1-3(2-5)8-4(6)7/h4H,1-2H2. The molecule has 0 saturated heterocycles. The predicted molar refractivity (Wildman–Crippen MR) is 41.1 cm³/mol. The lowest BCUT2D eigenvalue weighted by Gasteiger charge is -1.96. The Morgan fingerprint density at radius 2 is 2.12 bits per heavy atom. The van der Waals surface area contributed by atoms with E-state index < -0.39 is 0 Å². The molecule has 0 aliphatic heterocycles. The summed E-state index contributed by atoms with van der Waals surface area (Å²) in [4.78, 5) is 0. The summed E-state index contributed by atoms with van der Waals surface area (Å²) in [5.41, 5.74) is 0. The van der Waals surface area contributed by atoms with Gasteiger partial charge in [-0.15, -0.1) is 41.4 Å². The van der Waals surface area contributed by atoms with Gasteiger partial charge in [-0.2, -0.15) is 0 Å². The third kappa shape index (κ3) is 4.97. The highest BCUT2D eigenvalue weighted by molar-refractivity contribution is 6.72. The van der Waals surface area contributed by atoms with Crippen LogP contribution in [0.4, 0.5) is 0 Å². The number of halogens is 3. The van der Waals surface area contributed by atoms with E-state index in [4.69, 9.17) is 34.8 Å². The van der Waals surface area contributed by atoms with Gasteiger partial charge in [0.15, 0.2) is 0 Å². The average molecular weight is 188 g/mol. The quantitative estimate of drug-likeness (QED) is 0.469. The van der Waals surface area contributed by atoms with Gasteiger partial charge in [-0.1, -0.05) is 5.20 Å². The molecule has 0 heterocycles. The van der Waals surface area contributed by atoms with Crippen molar-refractivity contribution >= 4 is 44.3 Å². The van der Waals surface area contributed by atoms with Gasteiger partial charge in [0.05, 0.1) is 4.46 Å². The Bertz CT molecular complexity index is 81.4. The first-order valence-corrected chi connectivity index (χ1v) is 4.43. The molecular formula is C4H5Cl3Si. The molecule has 0 atom stereocenters. The van der Waals surface area contributed by atoms with E-state index in [1.165, 1.54) is 0 Å². The fourth-order valence-corrected chi connectivity index (χ4v) is 1.74. The van der Waals surface area contributed by atoms with Gasteiger partial charge >= 0.3 is 0 Å². The Labute approximate surface area is 66.6 Å². The molecule has 0 aromatic rings. The van der Waals surface area contributed by atoms with Gasteiger partial charge < -0.3 is 0 Å². The van der Waals surface area contributed by atoms with Gasteiger partial charge in [-0.05, 0) is 0 Å². The molecule has 0 spiro atoms. The van der Waals surface area contributed by atoms with Gasteiger partial charge in [-0.3, -0.25) is 0 Å². The molecule has 4 heteroatoms. The van der Waals surface area contributed by atoms with E-state index in [0.717, 1.165) is 5.20 Å². The van der Waals surface area contributed by atoms with Crippen LogP contribution in [-0.2, 0) is 0 Å². The fourth-order valence-electron chi connectivity index (χ4n) is 0.193. The van der Waals surface area contributed by atoms with E-state index in [0.29, 0.717) is 15.4 Å². The first kappa shape index (κ1) is 8.83. The average Bonchev–Trinajstić information content (AvgIpc) is 1.65. The van der Waals surface area contributed by atoms with Gasteiger partial charge in [-0.25, -0.2) is 0 Å². The highest BCUT2D eigenvalue weighted by Crippen LogP contribution is 2.03. The van der Waals surface area contributed by atoms with E-state index in [1.54, 1.807) is 0 Å². The second-order valence-electron chi connectivity index (χ2n) is 1.18. The largest absolute Gasteiger partial charge is 0.122 e. The maximum atomic E-state index is 5.41. The van der Waals surface area contributed by atoms with Crippen molar-refractivity contribution in [2.75, 3.05) is 5.88 Å². The molecular weight excluding hydrogens is 182 g/mol. The van der Waals surface area contributed by atoms with Crippen LogP contribution < -0.4 is 0 Å². The lowest BCUT2D eigenvalue weighted by molar-refractivity contribution is 1.66.